The van der Waals surface area contributed by atoms with Crippen molar-refractivity contribution in [3.8, 4) is 5.75 Å². The lowest BCUT2D eigenvalue weighted by Crippen LogP contribution is -2.03. The van der Waals surface area contributed by atoms with Gasteiger partial charge in [0.2, 0.25) is 0 Å². The zero-order chi connectivity index (χ0) is 18.4. The van der Waals surface area contributed by atoms with Gasteiger partial charge in [0.05, 0.1) is 12.7 Å². The van der Waals surface area contributed by atoms with Crippen LogP contribution in [0, 0.1) is 0 Å². The van der Waals surface area contributed by atoms with Gasteiger partial charge in [0.15, 0.2) is 5.78 Å². The minimum atomic E-state index is 0.0170. The number of rotatable bonds is 9. The molecule has 136 valence electrons. The third kappa shape index (κ3) is 3.82. The first-order valence-electron chi connectivity index (χ1n) is 9.52. The highest BCUT2D eigenvalue weighted by atomic mass is 16.5. The van der Waals surface area contributed by atoms with Gasteiger partial charge in [0.1, 0.15) is 5.75 Å². The van der Waals surface area contributed by atoms with Crippen LogP contribution in [-0.2, 0) is 6.54 Å². The second-order valence-corrected chi connectivity index (χ2v) is 6.70. The van der Waals surface area contributed by atoms with E-state index in [0.717, 1.165) is 29.4 Å². The molecule has 0 bridgehead atoms. The van der Waals surface area contributed by atoms with Crippen LogP contribution in [0.2, 0.25) is 0 Å². The standard InChI is InChI=1S/C23H27NO2/c1-3-4-5-6-11-16-24-17-20(18-12-7-9-14-21(18)24)23(25)19-13-8-10-15-22(19)26-2/h7-10,12-15,17H,3-6,11,16H2,1-2H3. The molecule has 3 heteroatoms. The quantitative estimate of drug-likeness (QED) is 0.358. The van der Waals surface area contributed by atoms with Gasteiger partial charge < -0.3 is 9.30 Å². The Morgan fingerprint density at radius 2 is 1.65 bits per heavy atom. The smallest absolute Gasteiger partial charge is 0.198 e. The first-order chi connectivity index (χ1) is 12.8. The molecule has 0 saturated carbocycles. The summed E-state index contributed by atoms with van der Waals surface area (Å²) in [5.41, 5.74) is 2.49. The van der Waals surface area contributed by atoms with Gasteiger partial charge in [-0.15, -0.1) is 0 Å². The molecule has 0 saturated heterocycles. The number of aryl methyl sites for hydroxylation is 1. The Hall–Kier alpha value is -2.55. The molecule has 1 aromatic heterocycles. The summed E-state index contributed by atoms with van der Waals surface area (Å²) >= 11 is 0. The first kappa shape index (κ1) is 18.2. The van der Waals surface area contributed by atoms with Crippen molar-refractivity contribution in [3.05, 3.63) is 65.9 Å². The van der Waals surface area contributed by atoms with Crippen molar-refractivity contribution in [2.24, 2.45) is 0 Å². The first-order valence-corrected chi connectivity index (χ1v) is 9.52. The Bertz CT molecular complexity index is 879. The molecule has 0 aliphatic heterocycles. The summed E-state index contributed by atoms with van der Waals surface area (Å²) in [5, 5.41) is 1.01. The highest BCUT2D eigenvalue weighted by Crippen LogP contribution is 2.27. The summed E-state index contributed by atoms with van der Waals surface area (Å²) in [4.78, 5) is 13.2. The average Bonchev–Trinajstić information content (AvgIpc) is 3.06. The largest absolute Gasteiger partial charge is 0.496 e. The maximum Gasteiger partial charge on any atom is 0.198 e. The Balaban J connectivity index is 1.90. The van der Waals surface area contributed by atoms with Crippen LogP contribution < -0.4 is 4.74 Å². The van der Waals surface area contributed by atoms with Crippen molar-refractivity contribution in [3.63, 3.8) is 0 Å². The fourth-order valence-corrected chi connectivity index (χ4v) is 3.48. The number of benzene rings is 2. The van der Waals surface area contributed by atoms with E-state index in [-0.39, 0.29) is 5.78 Å². The summed E-state index contributed by atoms with van der Waals surface area (Å²) < 4.78 is 7.61. The fraction of sp³-hybridized carbons (Fsp3) is 0.348. The van der Waals surface area contributed by atoms with Crippen LogP contribution in [-0.4, -0.2) is 17.5 Å². The van der Waals surface area contributed by atoms with Gasteiger partial charge in [0.25, 0.3) is 0 Å². The lowest BCUT2D eigenvalue weighted by atomic mass is 10.0. The molecular weight excluding hydrogens is 322 g/mol. The van der Waals surface area contributed by atoms with E-state index in [2.05, 4.69) is 17.6 Å². The van der Waals surface area contributed by atoms with Crippen LogP contribution in [0.1, 0.15) is 54.9 Å². The van der Waals surface area contributed by atoms with E-state index in [1.807, 2.05) is 48.7 Å². The van der Waals surface area contributed by atoms with Crippen LogP contribution in [0.4, 0.5) is 0 Å². The number of ether oxygens (including phenoxy) is 1. The van der Waals surface area contributed by atoms with Gasteiger partial charge >= 0.3 is 0 Å². The molecule has 0 aliphatic carbocycles. The number of hydrogen-bond acceptors (Lipinski definition) is 2. The molecule has 0 amide bonds. The summed E-state index contributed by atoms with van der Waals surface area (Å²) in [6.45, 7) is 3.18. The highest BCUT2D eigenvalue weighted by molar-refractivity contribution is 6.17. The van der Waals surface area contributed by atoms with Crippen molar-refractivity contribution in [2.45, 2.75) is 45.6 Å². The molecular formula is C23H27NO2. The lowest BCUT2D eigenvalue weighted by Gasteiger charge is -2.06. The number of carbonyl (C=O) groups is 1. The number of methoxy groups -OCH3 is 1. The fourth-order valence-electron chi connectivity index (χ4n) is 3.48. The zero-order valence-electron chi connectivity index (χ0n) is 15.7. The minimum absolute atomic E-state index is 0.0170. The summed E-state index contributed by atoms with van der Waals surface area (Å²) in [6, 6.07) is 15.6. The summed E-state index contributed by atoms with van der Waals surface area (Å²) in [7, 11) is 1.60. The Morgan fingerprint density at radius 3 is 2.46 bits per heavy atom. The van der Waals surface area contributed by atoms with E-state index in [1.165, 1.54) is 25.7 Å². The second-order valence-electron chi connectivity index (χ2n) is 6.70. The molecule has 0 N–H and O–H groups in total. The van der Waals surface area contributed by atoms with Crippen molar-refractivity contribution < 1.29 is 9.53 Å². The molecule has 0 unspecified atom stereocenters. The van der Waals surface area contributed by atoms with Crippen LogP contribution in [0.15, 0.2) is 54.7 Å². The Kier molecular flexibility index (Phi) is 6.11. The van der Waals surface area contributed by atoms with E-state index >= 15 is 0 Å². The number of carbonyl (C=O) groups excluding carboxylic acids is 1. The summed E-state index contributed by atoms with van der Waals surface area (Å²) in [5.74, 6) is 0.636. The lowest BCUT2D eigenvalue weighted by molar-refractivity contribution is 0.103. The van der Waals surface area contributed by atoms with Crippen molar-refractivity contribution in [1.29, 1.82) is 0 Å². The number of ketones is 1. The van der Waals surface area contributed by atoms with Crippen molar-refractivity contribution in [1.82, 2.24) is 4.57 Å². The van der Waals surface area contributed by atoms with E-state index in [9.17, 15) is 4.79 Å². The molecule has 0 atom stereocenters. The molecule has 2 aromatic carbocycles. The molecule has 0 spiro atoms. The van der Waals surface area contributed by atoms with Crippen LogP contribution in [0.3, 0.4) is 0 Å². The number of nitrogens with zero attached hydrogens (tertiary/aromatic N) is 1. The number of hydrogen-bond donors (Lipinski definition) is 0. The monoisotopic (exact) mass is 349 g/mol. The third-order valence-electron chi connectivity index (χ3n) is 4.89. The number of fused-ring (bicyclic) bond motifs is 1. The average molecular weight is 349 g/mol. The van der Waals surface area contributed by atoms with Gasteiger partial charge in [-0.1, -0.05) is 62.9 Å². The SMILES string of the molecule is CCCCCCCn1cc(C(=O)c2ccccc2OC)c2ccccc21. The predicted molar refractivity (Wildman–Crippen MR) is 107 cm³/mol. The molecule has 0 fully saturated rings. The number of unbranched alkanes of at least 4 members (excludes halogenated alkanes) is 4. The van der Waals surface area contributed by atoms with Gasteiger partial charge in [-0.25, -0.2) is 0 Å². The molecule has 0 aliphatic rings. The molecule has 0 radical (unpaired) electrons. The maximum atomic E-state index is 13.2. The second kappa shape index (κ2) is 8.70. The van der Waals surface area contributed by atoms with Gasteiger partial charge in [-0.05, 0) is 24.6 Å². The number of para-hydroxylation sites is 2. The normalized spacial score (nSPS) is 11.0. The molecule has 1 heterocycles. The van der Waals surface area contributed by atoms with E-state index in [4.69, 9.17) is 4.74 Å². The summed E-state index contributed by atoms with van der Waals surface area (Å²) in [6.07, 6.45) is 8.22. The third-order valence-corrected chi connectivity index (χ3v) is 4.89. The Morgan fingerprint density at radius 1 is 0.923 bits per heavy atom. The van der Waals surface area contributed by atoms with Crippen molar-refractivity contribution in [2.75, 3.05) is 7.11 Å². The van der Waals surface area contributed by atoms with E-state index in [0.29, 0.717) is 11.3 Å². The number of aromatic nitrogens is 1. The molecule has 3 aromatic rings. The topological polar surface area (TPSA) is 31.2 Å². The molecule has 3 rings (SSSR count). The minimum Gasteiger partial charge on any atom is -0.496 e. The predicted octanol–water partition coefficient (Wildman–Crippen LogP) is 5.85. The van der Waals surface area contributed by atoms with Gasteiger partial charge in [0, 0.05) is 29.2 Å². The highest BCUT2D eigenvalue weighted by Gasteiger charge is 2.19. The zero-order valence-corrected chi connectivity index (χ0v) is 15.7. The van der Waals surface area contributed by atoms with Crippen LogP contribution >= 0.6 is 0 Å². The van der Waals surface area contributed by atoms with Crippen LogP contribution in [0.25, 0.3) is 10.9 Å². The maximum absolute atomic E-state index is 13.2. The van der Waals surface area contributed by atoms with Crippen LogP contribution in [0.5, 0.6) is 5.75 Å². The van der Waals surface area contributed by atoms with Gasteiger partial charge in [-0.2, -0.15) is 0 Å². The van der Waals surface area contributed by atoms with Gasteiger partial charge in [-0.3, -0.25) is 4.79 Å². The Labute approximate surface area is 155 Å². The molecule has 3 nitrogen and oxygen atoms in total. The van der Waals surface area contributed by atoms with Crippen molar-refractivity contribution >= 4 is 16.7 Å². The molecule has 26 heavy (non-hydrogen) atoms. The van der Waals surface area contributed by atoms with E-state index in [1.54, 1.807) is 7.11 Å². The van der Waals surface area contributed by atoms with E-state index < -0.39 is 0 Å².